The number of rotatable bonds is 12. The van der Waals surface area contributed by atoms with Gasteiger partial charge in [-0.2, -0.15) is 0 Å². The molecule has 1 heterocycles. The Kier molecular flexibility index (Phi) is 11.5. The molecule has 0 saturated carbocycles. The standard InChI is InChI=1S/C22H38BN5O2/c1-22(2,3)30-21(29)27(6)17-12-18-28(23)19-13-11-15-25-20(19)24-14-9-7-8-10-16-26(4)5/h11,13-15H,7-10,12,16-18H2,1-6H3/b24-14+. The maximum absolute atomic E-state index is 12.0. The molecule has 0 N–H and O–H groups in total. The van der Waals surface area contributed by atoms with Crippen LogP contribution in [0.15, 0.2) is 23.3 Å². The van der Waals surface area contributed by atoms with E-state index in [0.717, 1.165) is 25.1 Å². The molecular formula is C22H38BN5O2. The number of pyridine rings is 1. The monoisotopic (exact) mass is 415 g/mol. The van der Waals surface area contributed by atoms with Crippen molar-refractivity contribution < 1.29 is 9.53 Å². The molecule has 0 aromatic carbocycles. The molecule has 2 radical (unpaired) electrons. The van der Waals surface area contributed by atoms with Gasteiger partial charge in [-0.3, -0.25) is 0 Å². The summed E-state index contributed by atoms with van der Waals surface area (Å²) in [6, 6.07) is 3.76. The number of carbonyl (C=O) groups excluding carboxylic acids is 1. The van der Waals surface area contributed by atoms with Gasteiger partial charge in [-0.25, -0.2) is 14.8 Å². The zero-order chi connectivity index (χ0) is 22.6. The van der Waals surface area contributed by atoms with Crippen LogP contribution in [-0.2, 0) is 4.74 Å². The van der Waals surface area contributed by atoms with Gasteiger partial charge < -0.3 is 19.3 Å². The topological polar surface area (TPSA) is 61.3 Å². The van der Waals surface area contributed by atoms with Crippen LogP contribution in [-0.4, -0.2) is 81.5 Å². The van der Waals surface area contributed by atoms with Crippen molar-refractivity contribution in [3.05, 3.63) is 18.3 Å². The van der Waals surface area contributed by atoms with Gasteiger partial charge in [-0.05, 0) is 79.2 Å². The number of amides is 1. The minimum absolute atomic E-state index is 0.330. The van der Waals surface area contributed by atoms with Crippen LogP contribution < -0.4 is 4.81 Å². The summed E-state index contributed by atoms with van der Waals surface area (Å²) < 4.78 is 5.36. The van der Waals surface area contributed by atoms with Crippen molar-refractivity contribution in [2.45, 2.75) is 58.5 Å². The summed E-state index contributed by atoms with van der Waals surface area (Å²) in [7, 11) is 12.2. The third kappa shape index (κ3) is 11.2. The van der Waals surface area contributed by atoms with Crippen LogP contribution in [0.3, 0.4) is 0 Å². The van der Waals surface area contributed by atoms with E-state index in [2.05, 4.69) is 29.0 Å². The lowest BCUT2D eigenvalue weighted by Crippen LogP contribution is -2.35. The fraction of sp³-hybridized carbons (Fsp3) is 0.682. The van der Waals surface area contributed by atoms with Gasteiger partial charge in [0, 0.05) is 32.5 Å². The molecular weight excluding hydrogens is 377 g/mol. The molecule has 0 bridgehead atoms. The molecule has 166 valence electrons. The highest BCUT2D eigenvalue weighted by Crippen LogP contribution is 2.24. The average Bonchev–Trinajstić information content (AvgIpc) is 2.65. The van der Waals surface area contributed by atoms with Crippen LogP contribution in [0.4, 0.5) is 16.3 Å². The molecule has 30 heavy (non-hydrogen) atoms. The van der Waals surface area contributed by atoms with Crippen LogP contribution in [0, 0.1) is 0 Å². The molecule has 0 unspecified atom stereocenters. The molecule has 1 aromatic rings. The highest BCUT2D eigenvalue weighted by Gasteiger charge is 2.19. The zero-order valence-electron chi connectivity index (χ0n) is 19.6. The molecule has 1 aromatic heterocycles. The summed E-state index contributed by atoms with van der Waals surface area (Å²) in [5, 5.41) is 0. The first-order chi connectivity index (χ1) is 14.1. The molecule has 8 heteroatoms. The normalized spacial score (nSPS) is 11.8. The minimum Gasteiger partial charge on any atom is -0.444 e. The van der Waals surface area contributed by atoms with E-state index in [4.69, 9.17) is 12.7 Å². The summed E-state index contributed by atoms with van der Waals surface area (Å²) in [5.74, 6) is 0.619. The number of nitrogens with zero attached hydrogens (tertiary/aromatic N) is 5. The van der Waals surface area contributed by atoms with Crippen LogP contribution in [0.1, 0.15) is 52.9 Å². The maximum Gasteiger partial charge on any atom is 0.410 e. The minimum atomic E-state index is -0.500. The molecule has 7 nitrogen and oxygen atoms in total. The molecule has 0 spiro atoms. The Labute approximate surface area is 183 Å². The lowest BCUT2D eigenvalue weighted by atomic mass is 10.2. The molecule has 0 fully saturated rings. The summed E-state index contributed by atoms with van der Waals surface area (Å²) in [6.07, 6.45) is 8.44. The first-order valence-electron chi connectivity index (χ1n) is 10.7. The van der Waals surface area contributed by atoms with Gasteiger partial charge in [0.15, 0.2) is 5.82 Å². The first-order valence-corrected chi connectivity index (χ1v) is 10.7. The van der Waals surface area contributed by atoms with E-state index >= 15 is 0 Å². The Morgan fingerprint density at radius 1 is 1.13 bits per heavy atom. The van der Waals surface area contributed by atoms with Gasteiger partial charge in [0.2, 0.25) is 7.98 Å². The Bertz CT molecular complexity index is 661. The van der Waals surface area contributed by atoms with Crippen LogP contribution in [0.25, 0.3) is 0 Å². The van der Waals surface area contributed by atoms with Gasteiger partial charge in [-0.1, -0.05) is 6.42 Å². The van der Waals surface area contributed by atoms with Crippen molar-refractivity contribution in [1.82, 2.24) is 14.8 Å². The quantitative estimate of drug-likeness (QED) is 0.293. The number of aromatic nitrogens is 1. The van der Waals surface area contributed by atoms with Gasteiger partial charge in [-0.15, -0.1) is 0 Å². The van der Waals surface area contributed by atoms with E-state index in [1.54, 1.807) is 23.0 Å². The Morgan fingerprint density at radius 2 is 1.87 bits per heavy atom. The van der Waals surface area contributed by atoms with E-state index in [9.17, 15) is 4.79 Å². The SMILES string of the molecule is [B]N(CCCN(C)C(=O)OC(C)(C)C)c1cccnc1/N=C/CCCCCN(C)C. The third-order valence-corrected chi connectivity index (χ3v) is 4.33. The van der Waals surface area contributed by atoms with Gasteiger partial charge in [0.25, 0.3) is 0 Å². The third-order valence-electron chi connectivity index (χ3n) is 4.33. The Morgan fingerprint density at radius 3 is 2.53 bits per heavy atom. The fourth-order valence-electron chi connectivity index (χ4n) is 2.73. The molecule has 0 aliphatic rings. The van der Waals surface area contributed by atoms with E-state index in [0.29, 0.717) is 25.3 Å². The van der Waals surface area contributed by atoms with Crippen LogP contribution in [0.2, 0.25) is 0 Å². The summed E-state index contributed by atoms with van der Waals surface area (Å²) in [5.41, 5.74) is 0.279. The maximum atomic E-state index is 12.0. The lowest BCUT2D eigenvalue weighted by molar-refractivity contribution is 0.0298. The number of hydrogen-bond acceptors (Lipinski definition) is 6. The van der Waals surface area contributed by atoms with E-state index in [1.165, 1.54) is 12.8 Å². The van der Waals surface area contributed by atoms with Gasteiger partial charge in [0.05, 0.1) is 5.69 Å². The second-order valence-electron chi connectivity index (χ2n) is 8.76. The van der Waals surface area contributed by atoms with E-state index in [1.807, 2.05) is 39.1 Å². The zero-order valence-corrected chi connectivity index (χ0v) is 19.6. The van der Waals surface area contributed by atoms with Gasteiger partial charge in [0.1, 0.15) is 5.60 Å². The smallest absolute Gasteiger partial charge is 0.410 e. The van der Waals surface area contributed by atoms with Crippen molar-refractivity contribution in [2.24, 2.45) is 4.99 Å². The summed E-state index contributed by atoms with van der Waals surface area (Å²) in [4.78, 5) is 26.3. The summed E-state index contributed by atoms with van der Waals surface area (Å²) >= 11 is 0. The van der Waals surface area contributed by atoms with Crippen LogP contribution >= 0.6 is 0 Å². The largest absolute Gasteiger partial charge is 0.444 e. The lowest BCUT2D eigenvalue weighted by Gasteiger charge is -2.26. The van der Waals surface area contributed by atoms with Crippen molar-refractivity contribution >= 4 is 31.8 Å². The van der Waals surface area contributed by atoms with Crippen molar-refractivity contribution in [2.75, 3.05) is 45.6 Å². The number of ether oxygens (including phenoxy) is 1. The second kappa shape index (κ2) is 13.3. The predicted molar refractivity (Wildman–Crippen MR) is 126 cm³/mol. The summed E-state index contributed by atoms with van der Waals surface area (Å²) in [6.45, 7) is 7.81. The van der Waals surface area contributed by atoms with Crippen molar-refractivity contribution in [3.63, 3.8) is 0 Å². The van der Waals surface area contributed by atoms with Crippen LogP contribution in [0.5, 0.6) is 0 Å². The number of hydrogen-bond donors (Lipinski definition) is 0. The molecule has 0 aliphatic carbocycles. The van der Waals surface area contributed by atoms with E-state index in [-0.39, 0.29) is 6.09 Å². The first kappa shape index (κ1) is 26.0. The molecule has 0 atom stereocenters. The van der Waals surface area contributed by atoms with E-state index < -0.39 is 5.60 Å². The average molecular weight is 415 g/mol. The van der Waals surface area contributed by atoms with Crippen molar-refractivity contribution in [3.8, 4) is 0 Å². The fourth-order valence-corrected chi connectivity index (χ4v) is 2.73. The Balaban J connectivity index is 2.46. The highest BCUT2D eigenvalue weighted by molar-refractivity contribution is 6.18. The number of aliphatic imine (C=N–C) groups is 1. The Hall–Kier alpha value is -2.09. The molecule has 1 amide bonds. The number of carbonyl (C=O) groups is 1. The second-order valence-corrected chi connectivity index (χ2v) is 8.76. The number of unbranched alkanes of at least 4 members (excludes halogenated alkanes) is 3. The predicted octanol–water partition coefficient (Wildman–Crippen LogP) is 4.05. The van der Waals surface area contributed by atoms with Crippen molar-refractivity contribution in [1.29, 1.82) is 0 Å². The molecule has 0 aliphatic heterocycles. The molecule has 1 rings (SSSR count). The number of anilines is 1. The highest BCUT2D eigenvalue weighted by atomic mass is 16.6. The molecule has 0 saturated heterocycles. The van der Waals surface area contributed by atoms with Gasteiger partial charge >= 0.3 is 6.09 Å².